The molecule has 1 heterocycles. The summed E-state index contributed by atoms with van der Waals surface area (Å²) in [6.07, 6.45) is 1.61. The third-order valence-corrected chi connectivity index (χ3v) is 6.85. The van der Waals surface area contributed by atoms with E-state index in [4.69, 9.17) is 27.9 Å². The molecule has 0 bridgehead atoms. The Labute approximate surface area is 207 Å². The lowest BCUT2D eigenvalue weighted by molar-refractivity contribution is -0.148. The molecule has 0 aromatic heterocycles. The van der Waals surface area contributed by atoms with Crippen molar-refractivity contribution in [3.05, 3.63) is 66.0 Å². The van der Waals surface area contributed by atoms with Gasteiger partial charge in [-0.2, -0.15) is 0 Å². The molecule has 1 fully saturated rings. The minimum atomic E-state index is -0.985. The van der Waals surface area contributed by atoms with Gasteiger partial charge in [0.1, 0.15) is 18.4 Å². The molecule has 0 radical (unpaired) electrons. The lowest BCUT2D eigenvalue weighted by Gasteiger charge is -2.18. The van der Waals surface area contributed by atoms with Gasteiger partial charge in [0.25, 0.3) is 11.1 Å². The van der Waals surface area contributed by atoms with Crippen LogP contribution in [0.5, 0.6) is 5.75 Å². The number of benzene rings is 2. The molecule has 162 valence electrons. The zero-order valence-corrected chi connectivity index (χ0v) is 20.8. The van der Waals surface area contributed by atoms with Crippen LogP contribution in [0.15, 0.2) is 41.3 Å². The second kappa shape index (κ2) is 10.2. The normalized spacial score (nSPS) is 16.0. The number of esters is 1. The summed E-state index contributed by atoms with van der Waals surface area (Å²) in [5.41, 5.74) is 1.60. The fraction of sp³-hybridized carbons (Fsp3) is 0.190. The number of carbonyl (C=O) groups is 3. The fourth-order valence-electron chi connectivity index (χ4n) is 2.76. The Kier molecular flexibility index (Phi) is 7.90. The number of imide groups is 1. The van der Waals surface area contributed by atoms with Crippen molar-refractivity contribution in [3.8, 4) is 5.75 Å². The van der Waals surface area contributed by atoms with E-state index in [0.717, 1.165) is 31.4 Å². The van der Waals surface area contributed by atoms with E-state index in [1.54, 1.807) is 30.3 Å². The summed E-state index contributed by atoms with van der Waals surface area (Å²) in [6, 6.07) is 9.71. The number of hydrogen-bond donors (Lipinski definition) is 0. The zero-order valence-electron chi connectivity index (χ0n) is 16.4. The summed E-state index contributed by atoms with van der Waals surface area (Å²) in [6.45, 7) is 1.77. The summed E-state index contributed by atoms with van der Waals surface area (Å²) in [4.78, 5) is 37.7. The minimum Gasteiger partial charge on any atom is -0.488 e. The molecule has 1 atom stereocenters. The minimum absolute atomic E-state index is 0.237. The SMILES string of the molecule is COC(=O)[C@@H](C)N1C(=O)S/C(=C/c2ccc(OCc3ccc(Cl)c(Cl)c3)c(I)c2)C1=O. The van der Waals surface area contributed by atoms with E-state index < -0.39 is 23.2 Å². The van der Waals surface area contributed by atoms with Gasteiger partial charge in [-0.15, -0.1) is 0 Å². The number of rotatable bonds is 6. The molecular weight excluding hydrogens is 576 g/mol. The first-order valence-corrected chi connectivity index (χ1v) is 11.6. The van der Waals surface area contributed by atoms with Gasteiger partial charge >= 0.3 is 5.97 Å². The highest BCUT2D eigenvalue weighted by Crippen LogP contribution is 2.34. The first kappa shape index (κ1) is 23.9. The van der Waals surface area contributed by atoms with Crippen molar-refractivity contribution in [1.29, 1.82) is 0 Å². The zero-order chi connectivity index (χ0) is 22.7. The molecule has 0 N–H and O–H groups in total. The van der Waals surface area contributed by atoms with E-state index >= 15 is 0 Å². The van der Waals surface area contributed by atoms with Gasteiger partial charge in [0, 0.05) is 0 Å². The van der Waals surface area contributed by atoms with E-state index in [1.807, 2.05) is 12.1 Å². The fourth-order valence-corrected chi connectivity index (χ4v) is 4.68. The quantitative estimate of drug-likeness (QED) is 0.241. The number of nitrogens with zero attached hydrogens (tertiary/aromatic N) is 1. The van der Waals surface area contributed by atoms with E-state index in [2.05, 4.69) is 27.3 Å². The van der Waals surface area contributed by atoms with Gasteiger partial charge in [0.15, 0.2) is 0 Å². The topological polar surface area (TPSA) is 72.9 Å². The van der Waals surface area contributed by atoms with Crippen molar-refractivity contribution in [2.45, 2.75) is 19.6 Å². The molecule has 0 unspecified atom stereocenters. The van der Waals surface area contributed by atoms with E-state index in [9.17, 15) is 14.4 Å². The number of methoxy groups -OCH3 is 1. The molecule has 31 heavy (non-hydrogen) atoms. The van der Waals surface area contributed by atoms with Gasteiger partial charge in [0.2, 0.25) is 0 Å². The largest absolute Gasteiger partial charge is 0.488 e. The van der Waals surface area contributed by atoms with Crippen molar-refractivity contribution in [2.24, 2.45) is 0 Å². The lowest BCUT2D eigenvalue weighted by atomic mass is 10.2. The molecule has 1 saturated heterocycles. The van der Waals surface area contributed by atoms with Crippen LogP contribution in [0, 0.1) is 3.57 Å². The Bertz CT molecular complexity index is 1090. The summed E-state index contributed by atoms with van der Waals surface area (Å²) < 4.78 is 11.3. The van der Waals surface area contributed by atoms with Gasteiger partial charge in [-0.05, 0) is 82.7 Å². The van der Waals surface area contributed by atoms with Crippen LogP contribution in [0.3, 0.4) is 0 Å². The first-order chi connectivity index (χ1) is 14.7. The number of ether oxygens (including phenoxy) is 2. The Morgan fingerprint density at radius 3 is 2.58 bits per heavy atom. The van der Waals surface area contributed by atoms with Gasteiger partial charge < -0.3 is 9.47 Å². The number of halogens is 3. The molecule has 2 aromatic carbocycles. The van der Waals surface area contributed by atoms with Gasteiger partial charge in [-0.1, -0.05) is 35.3 Å². The maximum absolute atomic E-state index is 12.6. The van der Waals surface area contributed by atoms with Gasteiger partial charge in [-0.3, -0.25) is 14.5 Å². The van der Waals surface area contributed by atoms with E-state index in [0.29, 0.717) is 22.4 Å². The van der Waals surface area contributed by atoms with Crippen molar-refractivity contribution in [2.75, 3.05) is 7.11 Å². The molecule has 2 aromatic rings. The van der Waals surface area contributed by atoms with Crippen molar-refractivity contribution >= 4 is 80.7 Å². The third kappa shape index (κ3) is 5.54. The van der Waals surface area contributed by atoms with Gasteiger partial charge in [0.05, 0.1) is 25.6 Å². The summed E-state index contributed by atoms with van der Waals surface area (Å²) in [5, 5.41) is 0.434. The van der Waals surface area contributed by atoms with Crippen LogP contribution in [0.4, 0.5) is 4.79 Å². The molecule has 3 rings (SSSR count). The summed E-state index contributed by atoms with van der Waals surface area (Å²) in [7, 11) is 1.21. The second-order valence-corrected chi connectivity index (χ2v) is 9.45. The molecule has 0 saturated carbocycles. The van der Waals surface area contributed by atoms with Crippen LogP contribution < -0.4 is 4.74 Å². The highest BCUT2D eigenvalue weighted by atomic mass is 127. The van der Waals surface area contributed by atoms with Crippen LogP contribution in [-0.2, 0) is 20.9 Å². The van der Waals surface area contributed by atoms with Crippen molar-refractivity contribution in [1.82, 2.24) is 4.90 Å². The highest BCUT2D eigenvalue weighted by molar-refractivity contribution is 14.1. The average Bonchev–Trinajstić information content (AvgIpc) is 3.01. The molecule has 2 amide bonds. The predicted octanol–water partition coefficient (Wildman–Crippen LogP) is 5.77. The van der Waals surface area contributed by atoms with Crippen LogP contribution in [-0.4, -0.2) is 35.2 Å². The van der Waals surface area contributed by atoms with Crippen molar-refractivity contribution < 1.29 is 23.9 Å². The maximum atomic E-state index is 12.6. The molecule has 0 aliphatic carbocycles. The molecule has 1 aliphatic heterocycles. The van der Waals surface area contributed by atoms with Crippen molar-refractivity contribution in [3.63, 3.8) is 0 Å². The number of carbonyl (C=O) groups excluding carboxylic acids is 3. The lowest BCUT2D eigenvalue weighted by Crippen LogP contribution is -2.42. The number of hydrogen-bond acceptors (Lipinski definition) is 6. The average molecular weight is 592 g/mol. The smallest absolute Gasteiger partial charge is 0.328 e. The van der Waals surface area contributed by atoms with Crippen LogP contribution in [0.2, 0.25) is 10.0 Å². The summed E-state index contributed by atoms with van der Waals surface area (Å²) in [5.74, 6) is -0.513. The standard InChI is InChI=1S/C21H16Cl2INO5S/c1-11(20(27)29-2)25-19(26)18(31-21(25)28)9-12-4-6-17(16(24)8-12)30-10-13-3-5-14(22)15(23)7-13/h3-9,11H,10H2,1-2H3/b18-9+/t11-/m1/s1. The number of amides is 2. The molecule has 6 nitrogen and oxygen atoms in total. The van der Waals surface area contributed by atoms with Crippen LogP contribution >= 0.6 is 57.6 Å². The predicted molar refractivity (Wildman–Crippen MR) is 129 cm³/mol. The Balaban J connectivity index is 1.73. The molecular formula is C21H16Cl2INO5S. The van der Waals surface area contributed by atoms with Crippen LogP contribution in [0.25, 0.3) is 6.08 Å². The molecule has 1 aliphatic rings. The Morgan fingerprint density at radius 1 is 1.19 bits per heavy atom. The van der Waals surface area contributed by atoms with E-state index in [-0.39, 0.29) is 4.91 Å². The molecule has 0 spiro atoms. The van der Waals surface area contributed by atoms with Gasteiger partial charge in [-0.25, -0.2) is 4.79 Å². The van der Waals surface area contributed by atoms with E-state index in [1.165, 1.54) is 14.0 Å². The second-order valence-electron chi connectivity index (χ2n) is 6.48. The third-order valence-electron chi connectivity index (χ3n) is 4.39. The molecule has 10 heteroatoms. The monoisotopic (exact) mass is 591 g/mol. The first-order valence-electron chi connectivity index (χ1n) is 8.92. The summed E-state index contributed by atoms with van der Waals surface area (Å²) >= 11 is 14.9. The Hall–Kier alpha value is -1.75. The van der Waals surface area contributed by atoms with Crippen LogP contribution in [0.1, 0.15) is 18.1 Å². The Morgan fingerprint density at radius 2 is 1.94 bits per heavy atom. The maximum Gasteiger partial charge on any atom is 0.328 e. The highest BCUT2D eigenvalue weighted by Gasteiger charge is 2.41. The number of thioether (sulfide) groups is 1.